The zero-order chi connectivity index (χ0) is 8.53. The molecule has 0 unspecified atom stereocenters. The molecule has 0 aliphatic rings. The molecule has 68 valence electrons. The van der Waals surface area contributed by atoms with Gasteiger partial charge in [-0.2, -0.15) is 0 Å². The lowest BCUT2D eigenvalue weighted by Crippen LogP contribution is -2.20. The molecule has 0 spiro atoms. The van der Waals surface area contributed by atoms with Gasteiger partial charge in [0.15, 0.2) is 0 Å². The Kier molecular flexibility index (Phi) is 7.96. The molecule has 1 N–H and O–H groups in total. The van der Waals surface area contributed by atoms with E-state index in [-0.39, 0.29) is 0 Å². The van der Waals surface area contributed by atoms with Gasteiger partial charge in [-0.3, -0.25) is 0 Å². The zero-order valence-electron chi connectivity index (χ0n) is 8.02. The van der Waals surface area contributed by atoms with Gasteiger partial charge in [-0.05, 0) is 12.3 Å². The van der Waals surface area contributed by atoms with E-state index >= 15 is 0 Å². The summed E-state index contributed by atoms with van der Waals surface area (Å²) in [6.45, 7) is 8.33. The van der Waals surface area contributed by atoms with E-state index in [0.717, 1.165) is 13.2 Å². The van der Waals surface area contributed by atoms with Crippen LogP contribution in [0.5, 0.6) is 0 Å². The normalized spacial score (nSPS) is 10.9. The maximum Gasteiger partial charge on any atom is 0.0682 e. The van der Waals surface area contributed by atoms with Gasteiger partial charge < -0.3 is 4.84 Å². The van der Waals surface area contributed by atoms with Crippen molar-refractivity contribution in [2.45, 2.75) is 40.0 Å². The van der Waals surface area contributed by atoms with Crippen LogP contribution in [0.3, 0.4) is 0 Å². The van der Waals surface area contributed by atoms with Gasteiger partial charge in [0, 0.05) is 6.54 Å². The van der Waals surface area contributed by atoms with Crippen molar-refractivity contribution in [3.63, 3.8) is 0 Å². The van der Waals surface area contributed by atoms with E-state index in [0.29, 0.717) is 5.92 Å². The lowest BCUT2D eigenvalue weighted by atomic mass is 10.2. The first-order valence-electron chi connectivity index (χ1n) is 4.62. The summed E-state index contributed by atoms with van der Waals surface area (Å²) < 4.78 is 0. The Morgan fingerprint density at radius 1 is 1.27 bits per heavy atom. The maximum atomic E-state index is 5.20. The molecule has 0 aromatic carbocycles. The molecule has 0 amide bonds. The molecular formula is C9H21NO. The molecule has 2 nitrogen and oxygen atoms in total. The average Bonchev–Trinajstić information content (AvgIpc) is 1.96. The van der Waals surface area contributed by atoms with Crippen molar-refractivity contribution in [2.24, 2.45) is 5.92 Å². The van der Waals surface area contributed by atoms with Gasteiger partial charge in [0.2, 0.25) is 0 Å². The Morgan fingerprint density at radius 3 is 2.55 bits per heavy atom. The zero-order valence-corrected chi connectivity index (χ0v) is 8.02. The van der Waals surface area contributed by atoms with E-state index in [1.165, 1.54) is 19.3 Å². The first-order chi connectivity index (χ1) is 5.27. The van der Waals surface area contributed by atoms with Gasteiger partial charge in [-0.1, -0.05) is 33.6 Å². The maximum absolute atomic E-state index is 5.20. The summed E-state index contributed by atoms with van der Waals surface area (Å²) in [7, 11) is 0. The SMILES string of the molecule is CCCCCONCC(C)C. The molecule has 0 aromatic rings. The van der Waals surface area contributed by atoms with Crippen LogP contribution in [0.1, 0.15) is 40.0 Å². The van der Waals surface area contributed by atoms with E-state index in [2.05, 4.69) is 26.3 Å². The molecule has 0 saturated heterocycles. The first-order valence-corrected chi connectivity index (χ1v) is 4.62. The average molecular weight is 159 g/mol. The van der Waals surface area contributed by atoms with Gasteiger partial charge in [0.05, 0.1) is 6.61 Å². The largest absolute Gasteiger partial charge is 0.302 e. The van der Waals surface area contributed by atoms with Gasteiger partial charge in [-0.25, -0.2) is 5.48 Å². The monoisotopic (exact) mass is 159 g/mol. The fourth-order valence-electron chi connectivity index (χ4n) is 0.722. The minimum absolute atomic E-state index is 0.668. The minimum atomic E-state index is 0.668. The summed E-state index contributed by atoms with van der Waals surface area (Å²) in [5, 5.41) is 0. The van der Waals surface area contributed by atoms with Crippen LogP contribution in [0.15, 0.2) is 0 Å². The molecule has 0 saturated carbocycles. The predicted octanol–water partition coefficient (Wildman–Crippen LogP) is 2.35. The van der Waals surface area contributed by atoms with Crippen molar-refractivity contribution >= 4 is 0 Å². The van der Waals surface area contributed by atoms with Crippen LogP contribution in [-0.4, -0.2) is 13.2 Å². The van der Waals surface area contributed by atoms with E-state index in [1.807, 2.05) is 0 Å². The number of rotatable bonds is 7. The van der Waals surface area contributed by atoms with Crippen LogP contribution < -0.4 is 5.48 Å². The lowest BCUT2D eigenvalue weighted by molar-refractivity contribution is 0.0326. The fraction of sp³-hybridized carbons (Fsp3) is 1.00. The molecule has 0 rings (SSSR count). The highest BCUT2D eigenvalue weighted by molar-refractivity contribution is 4.42. The molecule has 0 atom stereocenters. The van der Waals surface area contributed by atoms with Gasteiger partial charge in [-0.15, -0.1) is 0 Å². The summed E-state index contributed by atoms with van der Waals surface area (Å²) in [5.74, 6) is 0.668. The second kappa shape index (κ2) is 8.02. The molecule has 2 heteroatoms. The smallest absolute Gasteiger partial charge is 0.0682 e. The number of hydrogen-bond acceptors (Lipinski definition) is 2. The number of hydroxylamine groups is 1. The van der Waals surface area contributed by atoms with Crippen molar-refractivity contribution < 1.29 is 4.84 Å². The van der Waals surface area contributed by atoms with Crippen LogP contribution in [0, 0.1) is 5.92 Å². The standard InChI is InChI=1S/C9H21NO/c1-4-5-6-7-11-10-8-9(2)3/h9-10H,4-8H2,1-3H3. The predicted molar refractivity (Wildman–Crippen MR) is 48.3 cm³/mol. The third-order valence-corrected chi connectivity index (χ3v) is 1.44. The van der Waals surface area contributed by atoms with Crippen molar-refractivity contribution in [2.75, 3.05) is 13.2 Å². The summed E-state index contributed by atoms with van der Waals surface area (Å²) in [5.41, 5.74) is 2.94. The Labute approximate surface area is 70.3 Å². The van der Waals surface area contributed by atoms with E-state index in [1.54, 1.807) is 0 Å². The van der Waals surface area contributed by atoms with E-state index < -0.39 is 0 Å². The summed E-state index contributed by atoms with van der Waals surface area (Å²) >= 11 is 0. The number of hydrogen-bond donors (Lipinski definition) is 1. The van der Waals surface area contributed by atoms with Crippen LogP contribution in [0.4, 0.5) is 0 Å². The third-order valence-electron chi connectivity index (χ3n) is 1.44. The van der Waals surface area contributed by atoms with Crippen molar-refractivity contribution in [1.29, 1.82) is 0 Å². The molecule has 0 heterocycles. The Morgan fingerprint density at radius 2 is 2.00 bits per heavy atom. The minimum Gasteiger partial charge on any atom is -0.302 e. The summed E-state index contributed by atoms with van der Waals surface area (Å²) in [6.07, 6.45) is 3.69. The second-order valence-electron chi connectivity index (χ2n) is 3.30. The van der Waals surface area contributed by atoms with Crippen molar-refractivity contribution in [3.05, 3.63) is 0 Å². The molecule has 0 radical (unpaired) electrons. The number of unbranched alkanes of at least 4 members (excludes halogenated alkanes) is 2. The van der Waals surface area contributed by atoms with E-state index in [9.17, 15) is 0 Å². The second-order valence-corrected chi connectivity index (χ2v) is 3.30. The summed E-state index contributed by atoms with van der Waals surface area (Å²) in [4.78, 5) is 5.20. The summed E-state index contributed by atoms with van der Waals surface area (Å²) in [6, 6.07) is 0. The van der Waals surface area contributed by atoms with Crippen LogP contribution in [0.25, 0.3) is 0 Å². The highest BCUT2D eigenvalue weighted by atomic mass is 16.6. The molecular weight excluding hydrogens is 138 g/mol. The van der Waals surface area contributed by atoms with Crippen LogP contribution >= 0.6 is 0 Å². The molecule has 0 aliphatic carbocycles. The van der Waals surface area contributed by atoms with Crippen molar-refractivity contribution in [3.8, 4) is 0 Å². The van der Waals surface area contributed by atoms with E-state index in [4.69, 9.17) is 4.84 Å². The van der Waals surface area contributed by atoms with Crippen molar-refractivity contribution in [1.82, 2.24) is 5.48 Å². The Bertz CT molecular complexity index is 74.0. The quantitative estimate of drug-likeness (QED) is 0.455. The van der Waals surface area contributed by atoms with Gasteiger partial charge in [0.25, 0.3) is 0 Å². The van der Waals surface area contributed by atoms with Gasteiger partial charge >= 0.3 is 0 Å². The highest BCUT2D eigenvalue weighted by Crippen LogP contribution is 1.93. The topological polar surface area (TPSA) is 21.3 Å². The molecule has 0 fully saturated rings. The third kappa shape index (κ3) is 9.92. The Balaban J connectivity index is 2.80. The van der Waals surface area contributed by atoms with Crippen LogP contribution in [-0.2, 0) is 4.84 Å². The first kappa shape index (κ1) is 10.9. The fourth-order valence-corrected chi connectivity index (χ4v) is 0.722. The molecule has 11 heavy (non-hydrogen) atoms. The van der Waals surface area contributed by atoms with Gasteiger partial charge in [0.1, 0.15) is 0 Å². The Hall–Kier alpha value is -0.0800. The van der Waals surface area contributed by atoms with Crippen LogP contribution in [0.2, 0.25) is 0 Å². The number of nitrogens with one attached hydrogen (secondary N) is 1. The lowest BCUT2D eigenvalue weighted by Gasteiger charge is -2.06. The highest BCUT2D eigenvalue weighted by Gasteiger charge is 1.91. The molecule has 0 bridgehead atoms. The molecule has 0 aromatic heterocycles. The molecule has 0 aliphatic heterocycles.